The summed E-state index contributed by atoms with van der Waals surface area (Å²) in [6.45, 7) is 6.02. The molecule has 1 amide bonds. The van der Waals surface area contributed by atoms with Crippen LogP contribution in [0.3, 0.4) is 0 Å². The van der Waals surface area contributed by atoms with Crippen LogP contribution in [0, 0.1) is 5.92 Å². The van der Waals surface area contributed by atoms with Crippen LogP contribution < -0.4 is 5.32 Å². The number of rotatable bonds is 4. The van der Waals surface area contributed by atoms with E-state index >= 15 is 0 Å². The summed E-state index contributed by atoms with van der Waals surface area (Å²) >= 11 is 4.62. The smallest absolute Gasteiger partial charge is 0.239 e. The van der Waals surface area contributed by atoms with Gasteiger partial charge in [-0.3, -0.25) is 10.1 Å². The zero-order chi connectivity index (χ0) is 11.4. The molecule has 1 atom stereocenters. The molecule has 0 aliphatic carbocycles. The molecular weight excluding hydrogens is 278 g/mol. The Hall–Kier alpha value is -0.490. The molecule has 1 unspecified atom stereocenters. The SMILES string of the molecule is CC(C)Cc1nnc(NC(=O)C(C)Br)s1. The topological polar surface area (TPSA) is 54.9 Å². The molecule has 1 rings (SSSR count). The zero-order valence-corrected chi connectivity index (χ0v) is 11.4. The maximum Gasteiger partial charge on any atom is 0.239 e. The lowest BCUT2D eigenvalue weighted by atomic mass is 10.1. The summed E-state index contributed by atoms with van der Waals surface area (Å²) in [6.07, 6.45) is 0.900. The summed E-state index contributed by atoms with van der Waals surface area (Å²) in [5.41, 5.74) is 0. The summed E-state index contributed by atoms with van der Waals surface area (Å²) < 4.78 is 0. The molecule has 0 radical (unpaired) electrons. The van der Waals surface area contributed by atoms with Gasteiger partial charge in [-0.05, 0) is 12.8 Å². The highest BCUT2D eigenvalue weighted by Gasteiger charge is 2.12. The normalized spacial score (nSPS) is 12.9. The third-order valence-corrected chi connectivity index (χ3v) is 2.92. The fourth-order valence-corrected chi connectivity index (χ4v) is 2.01. The van der Waals surface area contributed by atoms with Gasteiger partial charge in [0.05, 0.1) is 4.83 Å². The van der Waals surface area contributed by atoms with Crippen LogP contribution in [0.5, 0.6) is 0 Å². The molecular formula is C9H14BrN3OS. The van der Waals surface area contributed by atoms with Gasteiger partial charge in [0, 0.05) is 6.42 Å². The van der Waals surface area contributed by atoms with Crippen molar-refractivity contribution in [2.45, 2.75) is 32.0 Å². The number of amides is 1. The number of anilines is 1. The van der Waals surface area contributed by atoms with E-state index in [1.54, 1.807) is 6.92 Å². The Morgan fingerprint density at radius 3 is 2.67 bits per heavy atom. The van der Waals surface area contributed by atoms with E-state index in [1.807, 2.05) is 0 Å². The summed E-state index contributed by atoms with van der Waals surface area (Å²) in [5, 5.41) is 12.1. The first-order chi connectivity index (χ1) is 6.99. The average molecular weight is 292 g/mol. The van der Waals surface area contributed by atoms with Gasteiger partial charge in [-0.25, -0.2) is 0 Å². The van der Waals surface area contributed by atoms with Crippen molar-refractivity contribution in [1.29, 1.82) is 0 Å². The Morgan fingerprint density at radius 1 is 1.47 bits per heavy atom. The summed E-state index contributed by atoms with van der Waals surface area (Å²) in [7, 11) is 0. The van der Waals surface area contributed by atoms with Gasteiger partial charge in [0.2, 0.25) is 11.0 Å². The van der Waals surface area contributed by atoms with Crippen molar-refractivity contribution in [3.05, 3.63) is 5.01 Å². The predicted octanol–water partition coefficient (Wildman–Crippen LogP) is 2.46. The van der Waals surface area contributed by atoms with Crippen molar-refractivity contribution in [2.24, 2.45) is 5.92 Å². The van der Waals surface area contributed by atoms with Gasteiger partial charge in [-0.15, -0.1) is 10.2 Å². The molecule has 15 heavy (non-hydrogen) atoms. The van der Waals surface area contributed by atoms with Crippen molar-refractivity contribution in [2.75, 3.05) is 5.32 Å². The largest absolute Gasteiger partial charge is 0.300 e. The molecule has 1 heterocycles. The van der Waals surface area contributed by atoms with Crippen molar-refractivity contribution in [3.63, 3.8) is 0 Å². The van der Waals surface area contributed by atoms with Crippen molar-refractivity contribution >= 4 is 38.3 Å². The number of alkyl halides is 1. The first-order valence-electron chi connectivity index (χ1n) is 4.76. The number of hydrogen-bond acceptors (Lipinski definition) is 4. The average Bonchev–Trinajstić information content (AvgIpc) is 2.51. The molecule has 0 aromatic carbocycles. The lowest BCUT2D eigenvalue weighted by Gasteiger charge is -2.01. The number of nitrogens with one attached hydrogen (secondary N) is 1. The Morgan fingerprint density at radius 2 is 2.13 bits per heavy atom. The molecule has 6 heteroatoms. The van der Waals surface area contributed by atoms with Gasteiger partial charge in [-0.1, -0.05) is 41.1 Å². The molecule has 0 fully saturated rings. The maximum atomic E-state index is 11.3. The number of halogens is 1. The molecule has 4 nitrogen and oxygen atoms in total. The van der Waals surface area contributed by atoms with Gasteiger partial charge in [0.15, 0.2) is 0 Å². The number of aromatic nitrogens is 2. The molecule has 0 bridgehead atoms. The molecule has 1 N–H and O–H groups in total. The highest BCUT2D eigenvalue weighted by molar-refractivity contribution is 9.10. The van der Waals surface area contributed by atoms with E-state index in [0.29, 0.717) is 11.0 Å². The first kappa shape index (κ1) is 12.6. The quantitative estimate of drug-likeness (QED) is 0.867. The van der Waals surface area contributed by atoms with Gasteiger partial charge < -0.3 is 0 Å². The van der Waals surface area contributed by atoms with E-state index in [1.165, 1.54) is 11.3 Å². The van der Waals surface area contributed by atoms with Gasteiger partial charge in [0.25, 0.3) is 0 Å². The van der Waals surface area contributed by atoms with Crippen LogP contribution in [0.25, 0.3) is 0 Å². The Balaban J connectivity index is 2.56. The molecule has 0 saturated carbocycles. The lowest BCUT2D eigenvalue weighted by molar-refractivity contribution is -0.115. The molecule has 0 saturated heterocycles. The second-order valence-electron chi connectivity index (χ2n) is 3.70. The Bertz CT molecular complexity index is 338. The predicted molar refractivity (Wildman–Crippen MR) is 65.5 cm³/mol. The summed E-state index contributed by atoms with van der Waals surface area (Å²) in [6, 6.07) is 0. The minimum Gasteiger partial charge on any atom is -0.300 e. The van der Waals surface area contributed by atoms with E-state index in [2.05, 4.69) is 45.3 Å². The van der Waals surface area contributed by atoms with Crippen LogP contribution in [0.1, 0.15) is 25.8 Å². The first-order valence-corrected chi connectivity index (χ1v) is 6.49. The van der Waals surface area contributed by atoms with E-state index < -0.39 is 0 Å². The maximum absolute atomic E-state index is 11.3. The van der Waals surface area contributed by atoms with Gasteiger partial charge >= 0.3 is 0 Å². The number of carbonyl (C=O) groups excluding carboxylic acids is 1. The van der Waals surface area contributed by atoms with Crippen LogP contribution in [0.4, 0.5) is 5.13 Å². The molecule has 84 valence electrons. The molecule has 0 aliphatic rings. The Kier molecular flexibility index (Phi) is 4.66. The van der Waals surface area contributed by atoms with E-state index in [4.69, 9.17) is 0 Å². The van der Waals surface area contributed by atoms with Crippen molar-refractivity contribution < 1.29 is 4.79 Å². The van der Waals surface area contributed by atoms with Gasteiger partial charge in [0.1, 0.15) is 5.01 Å². The molecule has 1 aromatic rings. The van der Waals surface area contributed by atoms with E-state index in [9.17, 15) is 4.79 Å². The van der Waals surface area contributed by atoms with E-state index in [0.717, 1.165) is 11.4 Å². The zero-order valence-electron chi connectivity index (χ0n) is 8.95. The van der Waals surface area contributed by atoms with Crippen LogP contribution in [-0.4, -0.2) is 20.9 Å². The fourth-order valence-electron chi connectivity index (χ4n) is 0.941. The third-order valence-electron chi connectivity index (χ3n) is 1.64. The second-order valence-corrected chi connectivity index (χ2v) is 6.14. The van der Waals surface area contributed by atoms with Crippen LogP contribution in [0.2, 0.25) is 0 Å². The van der Waals surface area contributed by atoms with Crippen molar-refractivity contribution in [1.82, 2.24) is 10.2 Å². The minimum absolute atomic E-state index is 0.0951. The standard InChI is InChI=1S/C9H14BrN3OS/c1-5(2)4-7-12-13-9(15-7)11-8(14)6(3)10/h5-6H,4H2,1-3H3,(H,11,13,14). The number of hydrogen-bond donors (Lipinski definition) is 1. The number of nitrogens with zero attached hydrogens (tertiary/aromatic N) is 2. The molecule has 0 aliphatic heterocycles. The monoisotopic (exact) mass is 291 g/mol. The van der Waals surface area contributed by atoms with Crippen LogP contribution in [0.15, 0.2) is 0 Å². The highest BCUT2D eigenvalue weighted by Crippen LogP contribution is 2.18. The second kappa shape index (κ2) is 5.55. The summed E-state index contributed by atoms with van der Waals surface area (Å²) in [5.74, 6) is 0.457. The van der Waals surface area contributed by atoms with Crippen molar-refractivity contribution in [3.8, 4) is 0 Å². The lowest BCUT2D eigenvalue weighted by Crippen LogP contribution is -2.19. The third kappa shape index (κ3) is 4.25. The van der Waals surface area contributed by atoms with Crippen LogP contribution >= 0.6 is 27.3 Å². The molecule has 1 aromatic heterocycles. The fraction of sp³-hybridized carbons (Fsp3) is 0.667. The molecule has 0 spiro atoms. The minimum atomic E-state index is -0.213. The summed E-state index contributed by atoms with van der Waals surface area (Å²) in [4.78, 5) is 11.1. The number of carbonyl (C=O) groups is 1. The Labute approximate surface area is 102 Å². The van der Waals surface area contributed by atoms with Gasteiger partial charge in [-0.2, -0.15) is 0 Å². The van der Waals surface area contributed by atoms with Crippen LogP contribution in [-0.2, 0) is 11.2 Å². The highest BCUT2D eigenvalue weighted by atomic mass is 79.9. The van der Waals surface area contributed by atoms with E-state index in [-0.39, 0.29) is 10.7 Å².